The standard InChI is InChI=1S/C16H17F3N2O4/c1-15(2,3)24-14(22)20-9-10-8-12(21-25-10)11-6-4-5-7-13(11)23-16(17,18)19/h4-8H,9H2,1-3H3,(H,20,22). The van der Waals surface area contributed by atoms with Crippen LogP contribution in [0.15, 0.2) is 34.9 Å². The maximum absolute atomic E-state index is 12.5. The number of carbonyl (C=O) groups is 1. The van der Waals surface area contributed by atoms with Crippen molar-refractivity contribution in [1.29, 1.82) is 0 Å². The van der Waals surface area contributed by atoms with Crippen molar-refractivity contribution in [2.75, 3.05) is 0 Å². The zero-order valence-corrected chi connectivity index (χ0v) is 13.8. The number of para-hydroxylation sites is 1. The highest BCUT2D eigenvalue weighted by Gasteiger charge is 2.32. The summed E-state index contributed by atoms with van der Waals surface area (Å²) in [6.45, 7) is 5.13. The molecular weight excluding hydrogens is 341 g/mol. The lowest BCUT2D eigenvalue weighted by Gasteiger charge is -2.19. The molecule has 0 unspecified atom stereocenters. The minimum Gasteiger partial charge on any atom is -0.444 e. The van der Waals surface area contributed by atoms with Gasteiger partial charge in [0.1, 0.15) is 17.0 Å². The highest BCUT2D eigenvalue weighted by Crippen LogP contribution is 2.33. The Hall–Kier alpha value is -2.71. The van der Waals surface area contributed by atoms with Crippen LogP contribution in [0.2, 0.25) is 0 Å². The smallest absolute Gasteiger partial charge is 0.444 e. The molecule has 6 nitrogen and oxygen atoms in total. The van der Waals surface area contributed by atoms with Crippen molar-refractivity contribution >= 4 is 6.09 Å². The van der Waals surface area contributed by atoms with E-state index in [9.17, 15) is 18.0 Å². The number of nitrogens with zero attached hydrogens (tertiary/aromatic N) is 1. The van der Waals surface area contributed by atoms with Gasteiger partial charge in [0.2, 0.25) is 0 Å². The van der Waals surface area contributed by atoms with E-state index in [1.807, 2.05) is 0 Å². The minimum absolute atomic E-state index is 0.0236. The Bertz CT molecular complexity index is 735. The lowest BCUT2D eigenvalue weighted by molar-refractivity contribution is -0.274. The van der Waals surface area contributed by atoms with Gasteiger partial charge in [-0.2, -0.15) is 0 Å². The summed E-state index contributed by atoms with van der Waals surface area (Å²) in [4.78, 5) is 11.6. The molecule has 2 rings (SSSR count). The second kappa shape index (κ2) is 7.04. The summed E-state index contributed by atoms with van der Waals surface area (Å²) in [5.41, 5.74) is -0.377. The Morgan fingerprint density at radius 3 is 2.56 bits per heavy atom. The average molecular weight is 358 g/mol. The molecule has 0 aliphatic rings. The predicted octanol–water partition coefficient (Wildman–Crippen LogP) is 4.26. The first-order chi connectivity index (χ1) is 11.5. The minimum atomic E-state index is -4.82. The second-order valence-corrected chi connectivity index (χ2v) is 6.08. The van der Waals surface area contributed by atoms with E-state index in [0.717, 1.165) is 0 Å². The molecule has 0 saturated carbocycles. The number of aromatic nitrogens is 1. The zero-order chi connectivity index (χ0) is 18.7. The van der Waals surface area contributed by atoms with Crippen molar-refractivity contribution in [2.45, 2.75) is 39.3 Å². The van der Waals surface area contributed by atoms with Crippen molar-refractivity contribution in [3.63, 3.8) is 0 Å². The molecule has 0 bridgehead atoms. The van der Waals surface area contributed by atoms with Gasteiger partial charge >= 0.3 is 12.5 Å². The summed E-state index contributed by atoms with van der Waals surface area (Å²) in [6, 6.07) is 6.97. The van der Waals surface area contributed by atoms with E-state index < -0.39 is 23.8 Å². The van der Waals surface area contributed by atoms with Gasteiger partial charge in [-0.05, 0) is 32.9 Å². The second-order valence-electron chi connectivity index (χ2n) is 6.08. The van der Waals surface area contributed by atoms with E-state index in [0.29, 0.717) is 0 Å². The SMILES string of the molecule is CC(C)(C)OC(=O)NCc1cc(-c2ccccc2OC(F)(F)F)no1. The number of carbonyl (C=O) groups excluding carboxylic acids is 1. The van der Waals surface area contributed by atoms with E-state index >= 15 is 0 Å². The molecule has 0 saturated heterocycles. The molecule has 0 atom stereocenters. The van der Waals surface area contributed by atoms with Crippen molar-refractivity contribution in [3.8, 4) is 17.0 Å². The van der Waals surface area contributed by atoms with Crippen LogP contribution in [-0.2, 0) is 11.3 Å². The summed E-state index contributed by atoms with van der Waals surface area (Å²) in [5, 5.41) is 6.18. The van der Waals surface area contributed by atoms with Crippen LogP contribution >= 0.6 is 0 Å². The van der Waals surface area contributed by atoms with Gasteiger partial charge in [0, 0.05) is 11.6 Å². The number of alkyl carbamates (subject to hydrolysis) is 1. The van der Waals surface area contributed by atoms with Crippen LogP contribution in [0.3, 0.4) is 0 Å². The van der Waals surface area contributed by atoms with E-state index in [1.54, 1.807) is 26.8 Å². The molecule has 1 aromatic carbocycles. The van der Waals surface area contributed by atoms with Crippen molar-refractivity contribution < 1.29 is 32.0 Å². The zero-order valence-electron chi connectivity index (χ0n) is 13.8. The number of halogens is 3. The van der Waals surface area contributed by atoms with Crippen LogP contribution in [0, 0.1) is 0 Å². The van der Waals surface area contributed by atoms with Gasteiger partial charge in [-0.3, -0.25) is 0 Å². The summed E-state index contributed by atoms with van der Waals surface area (Å²) >= 11 is 0. The first-order valence-corrected chi connectivity index (χ1v) is 7.31. The molecule has 0 spiro atoms. The summed E-state index contributed by atoms with van der Waals surface area (Å²) in [5.74, 6) is -0.141. The van der Waals surface area contributed by atoms with Gasteiger partial charge in [-0.15, -0.1) is 13.2 Å². The molecule has 0 fully saturated rings. The molecule has 0 aliphatic carbocycles. The van der Waals surface area contributed by atoms with Gasteiger partial charge < -0.3 is 19.3 Å². The van der Waals surface area contributed by atoms with Crippen LogP contribution in [0.4, 0.5) is 18.0 Å². The number of amides is 1. The third kappa shape index (κ3) is 6.02. The van der Waals surface area contributed by atoms with Crippen molar-refractivity contribution in [3.05, 3.63) is 36.1 Å². The molecule has 1 aromatic heterocycles. The quantitative estimate of drug-likeness (QED) is 0.884. The number of nitrogens with one attached hydrogen (secondary N) is 1. The van der Waals surface area contributed by atoms with Crippen molar-refractivity contribution in [1.82, 2.24) is 10.5 Å². The van der Waals surface area contributed by atoms with Gasteiger partial charge in [0.05, 0.1) is 6.54 Å². The predicted molar refractivity (Wildman–Crippen MR) is 81.7 cm³/mol. The molecule has 1 N–H and O–H groups in total. The fourth-order valence-corrected chi connectivity index (χ4v) is 1.89. The molecular formula is C16H17F3N2O4. The lowest BCUT2D eigenvalue weighted by Crippen LogP contribution is -2.32. The van der Waals surface area contributed by atoms with Gasteiger partial charge in [0.15, 0.2) is 5.76 Å². The molecule has 0 aliphatic heterocycles. The highest BCUT2D eigenvalue weighted by molar-refractivity contribution is 5.68. The normalized spacial score (nSPS) is 11.9. The van der Waals surface area contributed by atoms with Crippen molar-refractivity contribution in [2.24, 2.45) is 0 Å². The number of hydrogen-bond acceptors (Lipinski definition) is 5. The maximum Gasteiger partial charge on any atom is 0.573 e. The highest BCUT2D eigenvalue weighted by atomic mass is 19.4. The molecule has 25 heavy (non-hydrogen) atoms. The van der Waals surface area contributed by atoms with E-state index in [-0.39, 0.29) is 23.6 Å². The molecule has 1 amide bonds. The molecule has 136 valence electrons. The Morgan fingerprint density at radius 1 is 1.24 bits per heavy atom. The number of hydrogen-bond donors (Lipinski definition) is 1. The van der Waals surface area contributed by atoms with Gasteiger partial charge in [-0.25, -0.2) is 4.79 Å². The first-order valence-electron chi connectivity index (χ1n) is 7.31. The number of ether oxygens (including phenoxy) is 2. The summed E-state index contributed by atoms with van der Waals surface area (Å²) in [7, 11) is 0. The molecule has 2 aromatic rings. The Kier molecular flexibility index (Phi) is 5.24. The molecule has 1 heterocycles. The van der Waals surface area contributed by atoms with E-state index in [4.69, 9.17) is 9.26 Å². The topological polar surface area (TPSA) is 73.6 Å². The average Bonchev–Trinajstić information content (AvgIpc) is 2.91. The Morgan fingerprint density at radius 2 is 1.92 bits per heavy atom. The van der Waals surface area contributed by atoms with Crippen LogP contribution in [0.5, 0.6) is 5.75 Å². The third-order valence-corrected chi connectivity index (χ3v) is 2.75. The van der Waals surface area contributed by atoms with Gasteiger partial charge in [0.25, 0.3) is 0 Å². The first kappa shape index (κ1) is 18.6. The van der Waals surface area contributed by atoms with Crippen LogP contribution in [0.1, 0.15) is 26.5 Å². The number of benzene rings is 1. The monoisotopic (exact) mass is 358 g/mol. The Balaban J connectivity index is 2.08. The fraction of sp³-hybridized carbons (Fsp3) is 0.375. The van der Waals surface area contributed by atoms with E-state index in [2.05, 4.69) is 15.2 Å². The maximum atomic E-state index is 12.5. The summed E-state index contributed by atoms with van der Waals surface area (Å²) < 4.78 is 51.5. The summed E-state index contributed by atoms with van der Waals surface area (Å²) in [6.07, 6.45) is -5.47. The largest absolute Gasteiger partial charge is 0.573 e. The van der Waals surface area contributed by atoms with Gasteiger partial charge in [-0.1, -0.05) is 17.3 Å². The van der Waals surface area contributed by atoms with Crippen LogP contribution in [-0.4, -0.2) is 23.2 Å². The number of alkyl halides is 3. The lowest BCUT2D eigenvalue weighted by atomic mass is 10.1. The van der Waals surface area contributed by atoms with E-state index in [1.165, 1.54) is 24.3 Å². The van der Waals surface area contributed by atoms with Crippen LogP contribution < -0.4 is 10.1 Å². The molecule has 0 radical (unpaired) electrons. The molecule has 9 heteroatoms. The Labute approximate surface area is 141 Å². The van der Waals surface area contributed by atoms with Crippen LogP contribution in [0.25, 0.3) is 11.3 Å². The fourth-order valence-electron chi connectivity index (χ4n) is 1.89. The number of rotatable bonds is 4. The third-order valence-electron chi connectivity index (χ3n) is 2.75.